The maximum Gasteiger partial charge on any atom is 0.293 e. The van der Waals surface area contributed by atoms with Crippen LogP contribution in [0.1, 0.15) is 42.0 Å². The number of likely N-dealkylation sites (tertiary alicyclic amines) is 1. The van der Waals surface area contributed by atoms with Gasteiger partial charge in [-0.1, -0.05) is 5.16 Å². The maximum absolute atomic E-state index is 12.9. The number of nitrogens with two attached hydrogens (primary N) is 1. The van der Waals surface area contributed by atoms with Gasteiger partial charge in [0.05, 0.1) is 18.8 Å². The number of nitrogens with zero attached hydrogens (tertiary/aromatic N) is 2. The fourth-order valence-electron chi connectivity index (χ4n) is 3.23. The first kappa shape index (κ1) is 17.9. The number of carbonyl (C=O) groups is 2. The minimum Gasteiger partial charge on any atom is -0.497 e. The molecule has 138 valence electrons. The average molecular weight is 359 g/mol. The Morgan fingerprint density at radius 3 is 2.65 bits per heavy atom. The quantitative estimate of drug-likeness (QED) is 0.835. The van der Waals surface area contributed by atoms with E-state index in [1.165, 1.54) is 11.8 Å². The normalized spacial score (nSPS) is 18.0. The van der Waals surface area contributed by atoms with E-state index in [0.29, 0.717) is 36.4 Å². The topological polar surface area (TPSA) is 119 Å². The number of rotatable bonds is 5. The van der Waals surface area contributed by atoms with Gasteiger partial charge in [0.2, 0.25) is 11.7 Å². The van der Waals surface area contributed by atoms with Crippen molar-refractivity contribution in [2.24, 2.45) is 5.73 Å². The number of primary amides is 1. The number of methoxy groups -OCH3 is 1. The zero-order chi connectivity index (χ0) is 18.8. The van der Waals surface area contributed by atoms with E-state index in [4.69, 9.17) is 15.0 Å². The van der Waals surface area contributed by atoms with Gasteiger partial charge in [-0.3, -0.25) is 9.59 Å². The lowest BCUT2D eigenvalue weighted by atomic mass is 10.0. The van der Waals surface area contributed by atoms with Gasteiger partial charge in [-0.15, -0.1) is 0 Å². The van der Waals surface area contributed by atoms with Gasteiger partial charge in [-0.2, -0.15) is 0 Å². The zero-order valence-electron chi connectivity index (χ0n) is 14.6. The van der Waals surface area contributed by atoms with Crippen LogP contribution in [0.4, 0.5) is 0 Å². The average Bonchev–Trinajstić information content (AvgIpc) is 3.28. The Morgan fingerprint density at radius 1 is 1.38 bits per heavy atom. The van der Waals surface area contributed by atoms with E-state index >= 15 is 0 Å². The van der Waals surface area contributed by atoms with Crippen molar-refractivity contribution in [1.29, 1.82) is 0 Å². The standard InChI is InChI=1S/C18H21N3O5/c1-10(22)14-15(11-5-7-12(25-2)8-6-11)20-26-16(14)18(24)21-9-3-4-13(21)17(19)23/h5-8,10,13,22H,3-4,9H2,1-2H3,(H2,19,23). The lowest BCUT2D eigenvalue weighted by Crippen LogP contribution is -2.43. The smallest absolute Gasteiger partial charge is 0.293 e. The summed E-state index contributed by atoms with van der Waals surface area (Å²) >= 11 is 0. The molecule has 1 fully saturated rings. The Kier molecular flexibility index (Phi) is 4.94. The first-order valence-electron chi connectivity index (χ1n) is 8.36. The van der Waals surface area contributed by atoms with Gasteiger partial charge in [0.15, 0.2) is 0 Å². The first-order valence-corrected chi connectivity index (χ1v) is 8.36. The summed E-state index contributed by atoms with van der Waals surface area (Å²) in [6, 6.07) is 6.36. The molecular formula is C18H21N3O5. The molecule has 0 aliphatic carbocycles. The third-order valence-electron chi connectivity index (χ3n) is 4.55. The lowest BCUT2D eigenvalue weighted by Gasteiger charge is -2.21. The minimum absolute atomic E-state index is 0.0704. The highest BCUT2D eigenvalue weighted by Gasteiger charge is 2.37. The van der Waals surface area contributed by atoms with Crippen LogP contribution >= 0.6 is 0 Å². The van der Waals surface area contributed by atoms with Crippen LogP contribution in [0.2, 0.25) is 0 Å². The Labute approximate surface area is 150 Å². The number of hydrogen-bond donors (Lipinski definition) is 2. The van der Waals surface area contributed by atoms with Crippen LogP contribution in [0, 0.1) is 0 Å². The van der Waals surface area contributed by atoms with Crippen LogP contribution in [0.25, 0.3) is 11.3 Å². The number of amides is 2. The van der Waals surface area contributed by atoms with Gasteiger partial charge in [0.25, 0.3) is 5.91 Å². The van der Waals surface area contributed by atoms with Gasteiger partial charge in [-0.05, 0) is 44.0 Å². The van der Waals surface area contributed by atoms with E-state index < -0.39 is 24.0 Å². The van der Waals surface area contributed by atoms with Gasteiger partial charge in [0, 0.05) is 12.1 Å². The highest BCUT2D eigenvalue weighted by Crippen LogP contribution is 2.33. The molecular weight excluding hydrogens is 338 g/mol. The Balaban J connectivity index is 1.99. The number of carbonyl (C=O) groups excluding carboxylic acids is 2. The first-order chi connectivity index (χ1) is 12.4. The third kappa shape index (κ3) is 3.15. The molecule has 2 amide bonds. The molecule has 8 nitrogen and oxygen atoms in total. The number of aliphatic hydroxyl groups is 1. The fourth-order valence-corrected chi connectivity index (χ4v) is 3.23. The molecule has 2 atom stereocenters. The number of hydrogen-bond acceptors (Lipinski definition) is 6. The molecule has 2 aromatic rings. The predicted molar refractivity (Wildman–Crippen MR) is 92.4 cm³/mol. The van der Waals surface area contributed by atoms with Gasteiger partial charge in [0.1, 0.15) is 17.5 Å². The summed E-state index contributed by atoms with van der Waals surface area (Å²) in [5.74, 6) is -0.439. The molecule has 0 spiro atoms. The highest BCUT2D eigenvalue weighted by molar-refractivity contribution is 5.98. The van der Waals surface area contributed by atoms with Crippen molar-refractivity contribution in [2.45, 2.75) is 31.9 Å². The molecule has 1 aromatic heterocycles. The number of aromatic nitrogens is 1. The maximum atomic E-state index is 12.9. The van der Waals surface area contributed by atoms with Crippen LogP contribution < -0.4 is 10.5 Å². The van der Waals surface area contributed by atoms with Crippen molar-refractivity contribution in [3.63, 3.8) is 0 Å². The summed E-state index contributed by atoms with van der Waals surface area (Å²) in [6.45, 7) is 1.94. The van der Waals surface area contributed by atoms with Crippen molar-refractivity contribution in [2.75, 3.05) is 13.7 Å². The Morgan fingerprint density at radius 2 is 2.08 bits per heavy atom. The summed E-state index contributed by atoms with van der Waals surface area (Å²) in [4.78, 5) is 25.8. The van der Waals surface area contributed by atoms with E-state index in [9.17, 15) is 14.7 Å². The van der Waals surface area contributed by atoms with Crippen LogP contribution in [0.3, 0.4) is 0 Å². The highest BCUT2D eigenvalue weighted by atomic mass is 16.5. The number of aliphatic hydroxyl groups excluding tert-OH is 1. The van der Waals surface area contributed by atoms with E-state index in [-0.39, 0.29) is 11.3 Å². The molecule has 26 heavy (non-hydrogen) atoms. The monoisotopic (exact) mass is 359 g/mol. The van der Waals surface area contributed by atoms with Crippen molar-refractivity contribution in [3.8, 4) is 17.0 Å². The fraction of sp³-hybridized carbons (Fsp3) is 0.389. The van der Waals surface area contributed by atoms with Crippen molar-refractivity contribution >= 4 is 11.8 Å². The molecule has 1 aromatic carbocycles. The Hall–Kier alpha value is -2.87. The van der Waals surface area contributed by atoms with Gasteiger partial charge in [-0.25, -0.2) is 0 Å². The minimum atomic E-state index is -0.980. The lowest BCUT2D eigenvalue weighted by molar-refractivity contribution is -0.121. The molecule has 3 rings (SSSR count). The van der Waals surface area contributed by atoms with E-state index in [2.05, 4.69) is 5.16 Å². The summed E-state index contributed by atoms with van der Waals surface area (Å²) < 4.78 is 10.4. The summed E-state index contributed by atoms with van der Waals surface area (Å²) in [6.07, 6.45) is 0.222. The molecule has 0 saturated carbocycles. The van der Waals surface area contributed by atoms with Crippen molar-refractivity contribution in [1.82, 2.24) is 10.1 Å². The second kappa shape index (κ2) is 7.17. The predicted octanol–water partition coefficient (Wildman–Crippen LogP) is 1.49. The van der Waals surface area contributed by atoms with Crippen LogP contribution in [0.5, 0.6) is 5.75 Å². The second-order valence-corrected chi connectivity index (χ2v) is 6.24. The molecule has 0 radical (unpaired) electrons. The molecule has 3 N–H and O–H groups in total. The molecule has 0 bridgehead atoms. The molecule has 2 unspecified atom stereocenters. The second-order valence-electron chi connectivity index (χ2n) is 6.24. The molecule has 1 aliphatic heterocycles. The molecule has 1 saturated heterocycles. The number of benzene rings is 1. The van der Waals surface area contributed by atoms with E-state index in [1.54, 1.807) is 31.4 Å². The van der Waals surface area contributed by atoms with Crippen LogP contribution in [0.15, 0.2) is 28.8 Å². The molecule has 2 heterocycles. The SMILES string of the molecule is COc1ccc(-c2noc(C(=O)N3CCCC3C(N)=O)c2C(C)O)cc1. The van der Waals surface area contributed by atoms with Crippen LogP contribution in [-0.2, 0) is 4.79 Å². The summed E-state index contributed by atoms with van der Waals surface area (Å²) in [5, 5.41) is 14.2. The van der Waals surface area contributed by atoms with E-state index in [1.807, 2.05) is 0 Å². The Bertz CT molecular complexity index is 813. The van der Waals surface area contributed by atoms with E-state index in [0.717, 1.165) is 0 Å². The largest absolute Gasteiger partial charge is 0.497 e. The summed E-state index contributed by atoms with van der Waals surface area (Å²) in [5.41, 5.74) is 6.73. The third-order valence-corrected chi connectivity index (χ3v) is 4.55. The van der Waals surface area contributed by atoms with Crippen molar-refractivity contribution < 1.29 is 24.0 Å². The number of ether oxygens (including phenoxy) is 1. The van der Waals surface area contributed by atoms with Crippen LogP contribution in [-0.4, -0.2) is 46.7 Å². The summed E-state index contributed by atoms with van der Waals surface area (Å²) in [7, 11) is 1.56. The van der Waals surface area contributed by atoms with Gasteiger partial charge < -0.3 is 25.0 Å². The molecule has 1 aliphatic rings. The molecule has 8 heteroatoms. The van der Waals surface area contributed by atoms with Crippen molar-refractivity contribution in [3.05, 3.63) is 35.6 Å². The van der Waals surface area contributed by atoms with Gasteiger partial charge >= 0.3 is 0 Å². The zero-order valence-corrected chi connectivity index (χ0v) is 14.6.